The van der Waals surface area contributed by atoms with Crippen molar-refractivity contribution in [1.29, 1.82) is 0 Å². The Balaban J connectivity index is 2.39. The molecule has 0 aliphatic carbocycles. The van der Waals surface area contributed by atoms with Gasteiger partial charge in [0.2, 0.25) is 0 Å². The molecule has 0 radical (unpaired) electrons. The summed E-state index contributed by atoms with van der Waals surface area (Å²) in [5, 5.41) is 4.43. The third kappa shape index (κ3) is 2.42. The summed E-state index contributed by atoms with van der Waals surface area (Å²) in [6, 6.07) is 8.42. The highest BCUT2D eigenvalue weighted by molar-refractivity contribution is 5.78. The van der Waals surface area contributed by atoms with Gasteiger partial charge in [-0.1, -0.05) is 18.6 Å². The SMILES string of the molecule is CCC(OC)C(NC)c1cc2cc(C)ccc2o1. The zero-order valence-corrected chi connectivity index (χ0v) is 11.5. The molecular formula is C15H21NO2. The second kappa shape index (κ2) is 5.55. The quantitative estimate of drug-likeness (QED) is 0.879. The number of hydrogen-bond donors (Lipinski definition) is 1. The third-order valence-corrected chi connectivity index (χ3v) is 3.39. The molecule has 0 bridgehead atoms. The van der Waals surface area contributed by atoms with Gasteiger partial charge in [0.1, 0.15) is 11.3 Å². The molecule has 0 fully saturated rings. The van der Waals surface area contributed by atoms with Crippen molar-refractivity contribution < 1.29 is 9.15 Å². The topological polar surface area (TPSA) is 34.4 Å². The Morgan fingerprint density at radius 3 is 2.72 bits per heavy atom. The summed E-state index contributed by atoms with van der Waals surface area (Å²) in [7, 11) is 3.68. The Bertz CT molecular complexity index is 514. The zero-order chi connectivity index (χ0) is 13.1. The average Bonchev–Trinajstić information content (AvgIpc) is 2.78. The first-order valence-electron chi connectivity index (χ1n) is 6.39. The van der Waals surface area contributed by atoms with Gasteiger partial charge in [-0.25, -0.2) is 0 Å². The Morgan fingerprint density at radius 1 is 1.33 bits per heavy atom. The molecule has 2 rings (SSSR count). The van der Waals surface area contributed by atoms with Crippen LogP contribution >= 0.6 is 0 Å². The maximum absolute atomic E-state index is 5.92. The van der Waals surface area contributed by atoms with Gasteiger partial charge < -0.3 is 14.5 Å². The Morgan fingerprint density at radius 2 is 2.11 bits per heavy atom. The minimum Gasteiger partial charge on any atom is -0.459 e. The number of ether oxygens (including phenoxy) is 1. The van der Waals surface area contributed by atoms with Crippen LogP contribution < -0.4 is 5.32 Å². The summed E-state index contributed by atoms with van der Waals surface area (Å²) >= 11 is 0. The maximum Gasteiger partial charge on any atom is 0.134 e. The molecule has 2 aromatic rings. The lowest BCUT2D eigenvalue weighted by molar-refractivity contribution is 0.0611. The van der Waals surface area contributed by atoms with E-state index in [9.17, 15) is 0 Å². The van der Waals surface area contributed by atoms with Gasteiger partial charge in [-0.05, 0) is 38.6 Å². The van der Waals surface area contributed by atoms with Crippen LogP contribution in [0.3, 0.4) is 0 Å². The summed E-state index contributed by atoms with van der Waals surface area (Å²) in [5.41, 5.74) is 2.18. The van der Waals surface area contributed by atoms with E-state index >= 15 is 0 Å². The van der Waals surface area contributed by atoms with Gasteiger partial charge in [0.15, 0.2) is 0 Å². The lowest BCUT2D eigenvalue weighted by Crippen LogP contribution is -2.30. The number of fused-ring (bicyclic) bond motifs is 1. The first kappa shape index (κ1) is 13.1. The van der Waals surface area contributed by atoms with Crippen LogP contribution in [0, 0.1) is 6.92 Å². The summed E-state index contributed by atoms with van der Waals surface area (Å²) in [5.74, 6) is 0.937. The van der Waals surface area contributed by atoms with Crippen LogP contribution in [-0.4, -0.2) is 20.3 Å². The predicted molar refractivity (Wildman–Crippen MR) is 73.8 cm³/mol. The van der Waals surface area contributed by atoms with Gasteiger partial charge in [0.25, 0.3) is 0 Å². The lowest BCUT2D eigenvalue weighted by atomic mass is 10.1. The van der Waals surface area contributed by atoms with Gasteiger partial charge in [0.05, 0.1) is 12.1 Å². The van der Waals surface area contributed by atoms with Crippen molar-refractivity contribution in [3.8, 4) is 0 Å². The molecule has 0 aliphatic heterocycles. The molecule has 1 heterocycles. The van der Waals surface area contributed by atoms with Gasteiger partial charge >= 0.3 is 0 Å². The van der Waals surface area contributed by atoms with Crippen molar-refractivity contribution in [3.63, 3.8) is 0 Å². The fraction of sp³-hybridized carbons (Fsp3) is 0.467. The summed E-state index contributed by atoms with van der Waals surface area (Å²) in [4.78, 5) is 0. The highest BCUT2D eigenvalue weighted by Gasteiger charge is 2.23. The maximum atomic E-state index is 5.92. The van der Waals surface area contributed by atoms with E-state index in [2.05, 4.69) is 37.4 Å². The predicted octanol–water partition coefficient (Wildman–Crippen LogP) is 3.43. The fourth-order valence-electron chi connectivity index (χ4n) is 2.39. The standard InChI is InChI=1S/C15H21NO2/c1-5-12(17-4)15(16-3)14-9-11-8-10(2)6-7-13(11)18-14/h6-9,12,15-16H,5H2,1-4H3. The lowest BCUT2D eigenvalue weighted by Gasteiger charge is -2.22. The highest BCUT2D eigenvalue weighted by atomic mass is 16.5. The molecule has 0 aliphatic rings. The second-order valence-corrected chi connectivity index (χ2v) is 4.64. The Hall–Kier alpha value is -1.32. The molecule has 1 N–H and O–H groups in total. The smallest absolute Gasteiger partial charge is 0.134 e. The van der Waals surface area contributed by atoms with E-state index in [4.69, 9.17) is 9.15 Å². The molecule has 2 unspecified atom stereocenters. The van der Waals surface area contributed by atoms with Gasteiger partial charge in [-0.3, -0.25) is 0 Å². The average molecular weight is 247 g/mol. The number of aryl methyl sites for hydroxylation is 1. The Labute approximate surface area is 108 Å². The second-order valence-electron chi connectivity index (χ2n) is 4.64. The summed E-state index contributed by atoms with van der Waals surface area (Å²) < 4.78 is 11.4. The van der Waals surface area contributed by atoms with Gasteiger partial charge in [-0.2, -0.15) is 0 Å². The zero-order valence-electron chi connectivity index (χ0n) is 11.5. The molecule has 2 atom stereocenters. The van der Waals surface area contributed by atoms with Crippen molar-refractivity contribution in [2.24, 2.45) is 0 Å². The van der Waals surface area contributed by atoms with Crippen molar-refractivity contribution in [1.82, 2.24) is 5.32 Å². The van der Waals surface area contributed by atoms with Crippen LogP contribution in [0.4, 0.5) is 0 Å². The number of benzene rings is 1. The number of hydrogen-bond acceptors (Lipinski definition) is 3. The third-order valence-electron chi connectivity index (χ3n) is 3.39. The van der Waals surface area contributed by atoms with Crippen LogP contribution in [0.5, 0.6) is 0 Å². The molecule has 0 saturated heterocycles. The van der Waals surface area contributed by atoms with E-state index in [0.717, 1.165) is 23.2 Å². The molecule has 1 aromatic heterocycles. The van der Waals surface area contributed by atoms with E-state index < -0.39 is 0 Å². The number of nitrogens with one attached hydrogen (secondary N) is 1. The number of rotatable bonds is 5. The van der Waals surface area contributed by atoms with E-state index in [1.807, 2.05) is 13.1 Å². The van der Waals surface area contributed by atoms with Crippen molar-refractivity contribution in [3.05, 3.63) is 35.6 Å². The van der Waals surface area contributed by atoms with Crippen molar-refractivity contribution in [2.45, 2.75) is 32.4 Å². The number of methoxy groups -OCH3 is 1. The van der Waals surface area contributed by atoms with Gasteiger partial charge in [-0.15, -0.1) is 0 Å². The minimum absolute atomic E-state index is 0.0905. The van der Waals surface area contributed by atoms with E-state index in [0.29, 0.717) is 0 Å². The van der Waals surface area contributed by atoms with Crippen LogP contribution in [0.1, 0.15) is 30.7 Å². The first-order chi connectivity index (χ1) is 8.69. The molecule has 3 nitrogen and oxygen atoms in total. The van der Waals surface area contributed by atoms with Crippen LogP contribution in [0.15, 0.2) is 28.7 Å². The summed E-state index contributed by atoms with van der Waals surface area (Å²) in [6.45, 7) is 4.21. The van der Waals surface area contributed by atoms with E-state index in [1.165, 1.54) is 5.56 Å². The fourth-order valence-corrected chi connectivity index (χ4v) is 2.39. The normalized spacial score (nSPS) is 14.9. The van der Waals surface area contributed by atoms with Crippen molar-refractivity contribution >= 4 is 11.0 Å². The summed E-state index contributed by atoms with van der Waals surface area (Å²) in [6.07, 6.45) is 1.06. The largest absolute Gasteiger partial charge is 0.459 e. The molecule has 98 valence electrons. The van der Waals surface area contributed by atoms with Crippen molar-refractivity contribution in [2.75, 3.05) is 14.2 Å². The molecule has 0 amide bonds. The molecule has 1 aromatic carbocycles. The number of likely N-dealkylation sites (N-methyl/N-ethyl adjacent to an activating group) is 1. The monoisotopic (exact) mass is 247 g/mol. The van der Waals surface area contributed by atoms with Crippen LogP contribution in [0.25, 0.3) is 11.0 Å². The highest BCUT2D eigenvalue weighted by Crippen LogP contribution is 2.28. The molecule has 3 heteroatoms. The van der Waals surface area contributed by atoms with Crippen LogP contribution in [0.2, 0.25) is 0 Å². The molecule has 0 saturated carbocycles. The first-order valence-corrected chi connectivity index (χ1v) is 6.39. The van der Waals surface area contributed by atoms with E-state index in [1.54, 1.807) is 7.11 Å². The van der Waals surface area contributed by atoms with Crippen LogP contribution in [-0.2, 0) is 4.74 Å². The molecule has 18 heavy (non-hydrogen) atoms. The molecular weight excluding hydrogens is 226 g/mol. The minimum atomic E-state index is 0.0905. The van der Waals surface area contributed by atoms with E-state index in [-0.39, 0.29) is 12.1 Å². The van der Waals surface area contributed by atoms with Gasteiger partial charge in [0, 0.05) is 12.5 Å². The molecule has 0 spiro atoms. The number of furan rings is 1. The Kier molecular flexibility index (Phi) is 4.04.